The van der Waals surface area contributed by atoms with Crippen molar-refractivity contribution in [3.05, 3.63) is 12.2 Å². The maximum Gasteiger partial charge on any atom is 0.160 e. The summed E-state index contributed by atoms with van der Waals surface area (Å²) in [4.78, 5) is 15.8. The van der Waals surface area contributed by atoms with Crippen molar-refractivity contribution in [2.75, 3.05) is 0 Å². The van der Waals surface area contributed by atoms with Gasteiger partial charge in [-0.25, -0.2) is 9.67 Å². The van der Waals surface area contributed by atoms with Crippen molar-refractivity contribution in [3.8, 4) is 0 Å². The summed E-state index contributed by atoms with van der Waals surface area (Å²) in [5, 5.41) is 4.07. The van der Waals surface area contributed by atoms with Crippen LogP contribution in [0, 0.1) is 0 Å². The molecule has 0 aromatic carbocycles. The van der Waals surface area contributed by atoms with Crippen LogP contribution in [0.3, 0.4) is 0 Å². The quantitative estimate of drug-likeness (QED) is 0.754. The van der Waals surface area contributed by atoms with Crippen LogP contribution >= 0.6 is 0 Å². The Morgan fingerprint density at radius 3 is 3.00 bits per heavy atom. The van der Waals surface area contributed by atoms with Crippen molar-refractivity contribution >= 4 is 5.78 Å². The highest BCUT2D eigenvalue weighted by molar-refractivity contribution is 5.92. The first-order chi connectivity index (χ1) is 7.15. The fraction of sp³-hybridized carbons (Fsp3) is 0.700. The van der Waals surface area contributed by atoms with Gasteiger partial charge in [-0.1, -0.05) is 6.92 Å². The van der Waals surface area contributed by atoms with Gasteiger partial charge >= 0.3 is 0 Å². The highest BCUT2D eigenvalue weighted by Gasteiger charge is 2.45. The van der Waals surface area contributed by atoms with Gasteiger partial charge < -0.3 is 5.73 Å². The molecule has 5 heteroatoms. The summed E-state index contributed by atoms with van der Waals surface area (Å²) in [5.74, 6) is 0.825. The molecule has 15 heavy (non-hydrogen) atoms. The van der Waals surface area contributed by atoms with E-state index in [1.54, 1.807) is 4.68 Å². The summed E-state index contributed by atoms with van der Waals surface area (Å²) in [7, 11) is 0. The van der Waals surface area contributed by atoms with Gasteiger partial charge in [-0.05, 0) is 19.3 Å². The van der Waals surface area contributed by atoms with Crippen LogP contribution in [0.15, 0.2) is 6.33 Å². The van der Waals surface area contributed by atoms with E-state index >= 15 is 0 Å². The number of Topliss-reactive ketones (excluding diaryl/α,β-unsaturated/α-hetero) is 1. The second kappa shape index (κ2) is 3.73. The Kier molecular flexibility index (Phi) is 2.56. The van der Waals surface area contributed by atoms with Gasteiger partial charge in [-0.15, -0.1) is 0 Å². The Labute approximate surface area is 88.7 Å². The Morgan fingerprint density at radius 1 is 1.67 bits per heavy atom. The number of hydrogen-bond donors (Lipinski definition) is 1. The standard InChI is InChI=1S/C10H16N4O/c1-2-5-14-9(12-7-13-14)6-8(15)10(11)3-4-10/h7H,2-6,11H2,1H3. The number of nitrogens with two attached hydrogens (primary N) is 1. The fourth-order valence-electron chi connectivity index (χ4n) is 1.56. The molecule has 1 aliphatic rings. The van der Waals surface area contributed by atoms with E-state index < -0.39 is 5.54 Å². The third-order valence-electron chi connectivity index (χ3n) is 2.79. The zero-order valence-electron chi connectivity index (χ0n) is 8.94. The monoisotopic (exact) mass is 208 g/mol. The molecule has 1 aromatic rings. The van der Waals surface area contributed by atoms with Gasteiger partial charge in [-0.2, -0.15) is 5.10 Å². The van der Waals surface area contributed by atoms with Crippen LogP contribution < -0.4 is 5.73 Å². The minimum atomic E-state index is -0.553. The van der Waals surface area contributed by atoms with Gasteiger partial charge in [0.15, 0.2) is 5.78 Å². The molecule has 2 rings (SSSR count). The van der Waals surface area contributed by atoms with Crippen LogP contribution in [0.5, 0.6) is 0 Å². The van der Waals surface area contributed by atoms with E-state index in [4.69, 9.17) is 5.73 Å². The van der Waals surface area contributed by atoms with E-state index in [-0.39, 0.29) is 5.78 Å². The summed E-state index contributed by atoms with van der Waals surface area (Å²) in [5.41, 5.74) is 5.27. The Morgan fingerprint density at radius 2 is 2.40 bits per heavy atom. The lowest BCUT2D eigenvalue weighted by molar-refractivity contribution is -0.120. The van der Waals surface area contributed by atoms with Crippen LogP contribution in [-0.4, -0.2) is 26.1 Å². The smallest absolute Gasteiger partial charge is 0.160 e. The van der Waals surface area contributed by atoms with E-state index in [0.29, 0.717) is 6.42 Å². The van der Waals surface area contributed by atoms with Crippen molar-refractivity contribution in [2.24, 2.45) is 5.73 Å². The van der Waals surface area contributed by atoms with Crippen molar-refractivity contribution < 1.29 is 4.79 Å². The number of hydrogen-bond acceptors (Lipinski definition) is 4. The summed E-state index contributed by atoms with van der Waals surface area (Å²) >= 11 is 0. The molecule has 1 heterocycles. The molecule has 0 atom stereocenters. The molecule has 82 valence electrons. The topological polar surface area (TPSA) is 73.8 Å². The van der Waals surface area contributed by atoms with Gasteiger partial charge in [0.25, 0.3) is 0 Å². The second-order valence-electron chi connectivity index (χ2n) is 4.16. The van der Waals surface area contributed by atoms with E-state index in [9.17, 15) is 4.79 Å². The average molecular weight is 208 g/mol. The summed E-state index contributed by atoms with van der Waals surface area (Å²) in [6.07, 6.45) is 4.42. The Bertz CT molecular complexity index is 367. The highest BCUT2D eigenvalue weighted by atomic mass is 16.1. The summed E-state index contributed by atoms with van der Waals surface area (Å²) in [6.45, 7) is 2.87. The minimum absolute atomic E-state index is 0.0906. The molecule has 0 amide bonds. The van der Waals surface area contributed by atoms with Crippen LogP contribution in [0.2, 0.25) is 0 Å². The largest absolute Gasteiger partial charge is 0.319 e. The number of carbonyl (C=O) groups excluding carboxylic acids is 1. The zero-order chi connectivity index (χ0) is 10.9. The molecule has 0 unspecified atom stereocenters. The Hall–Kier alpha value is -1.23. The first kappa shape index (κ1) is 10.3. The summed E-state index contributed by atoms with van der Waals surface area (Å²) < 4.78 is 1.78. The van der Waals surface area contributed by atoms with Crippen LogP contribution in [0.1, 0.15) is 32.0 Å². The van der Waals surface area contributed by atoms with Crippen molar-refractivity contribution in [2.45, 2.75) is 44.7 Å². The lowest BCUT2D eigenvalue weighted by Gasteiger charge is -2.07. The van der Waals surface area contributed by atoms with E-state index in [1.165, 1.54) is 6.33 Å². The van der Waals surface area contributed by atoms with E-state index in [2.05, 4.69) is 17.0 Å². The van der Waals surface area contributed by atoms with Gasteiger partial charge in [0.05, 0.1) is 12.0 Å². The normalized spacial score (nSPS) is 17.7. The number of aryl methyl sites for hydroxylation is 1. The molecular weight excluding hydrogens is 192 g/mol. The predicted octanol–water partition coefficient (Wildman–Crippen LogP) is 0.291. The van der Waals surface area contributed by atoms with Gasteiger partial charge in [0.1, 0.15) is 12.2 Å². The highest BCUT2D eigenvalue weighted by Crippen LogP contribution is 2.33. The number of rotatable bonds is 5. The van der Waals surface area contributed by atoms with Crippen LogP contribution in [-0.2, 0) is 17.8 Å². The number of ketones is 1. The van der Waals surface area contributed by atoms with Crippen molar-refractivity contribution in [1.29, 1.82) is 0 Å². The summed E-state index contributed by atoms with van der Waals surface area (Å²) in [6, 6.07) is 0. The van der Waals surface area contributed by atoms with Crippen LogP contribution in [0.25, 0.3) is 0 Å². The first-order valence-corrected chi connectivity index (χ1v) is 5.34. The molecule has 5 nitrogen and oxygen atoms in total. The molecule has 1 aliphatic carbocycles. The molecule has 1 aromatic heterocycles. The Balaban J connectivity index is 2.03. The molecule has 0 aliphatic heterocycles. The molecule has 0 bridgehead atoms. The molecule has 2 N–H and O–H groups in total. The third kappa shape index (κ3) is 2.07. The zero-order valence-corrected chi connectivity index (χ0v) is 8.94. The lowest BCUT2D eigenvalue weighted by atomic mass is 10.1. The van der Waals surface area contributed by atoms with Crippen molar-refractivity contribution in [3.63, 3.8) is 0 Å². The SMILES string of the molecule is CCCn1ncnc1CC(=O)C1(N)CC1. The molecule has 0 radical (unpaired) electrons. The number of carbonyl (C=O) groups is 1. The predicted molar refractivity (Wildman–Crippen MR) is 55.2 cm³/mol. The number of aromatic nitrogens is 3. The van der Waals surface area contributed by atoms with E-state index in [0.717, 1.165) is 31.6 Å². The molecule has 0 saturated heterocycles. The lowest BCUT2D eigenvalue weighted by Crippen LogP contribution is -2.34. The van der Waals surface area contributed by atoms with Crippen molar-refractivity contribution in [1.82, 2.24) is 14.8 Å². The third-order valence-corrected chi connectivity index (χ3v) is 2.79. The maximum absolute atomic E-state index is 11.7. The van der Waals surface area contributed by atoms with Crippen LogP contribution in [0.4, 0.5) is 0 Å². The van der Waals surface area contributed by atoms with Gasteiger partial charge in [0, 0.05) is 6.54 Å². The molecular formula is C10H16N4O. The molecule has 1 fully saturated rings. The molecule has 1 saturated carbocycles. The molecule has 0 spiro atoms. The maximum atomic E-state index is 11.7. The number of nitrogens with zero attached hydrogens (tertiary/aromatic N) is 3. The van der Waals surface area contributed by atoms with Gasteiger partial charge in [0.2, 0.25) is 0 Å². The van der Waals surface area contributed by atoms with Gasteiger partial charge in [-0.3, -0.25) is 4.79 Å². The fourth-order valence-corrected chi connectivity index (χ4v) is 1.56. The average Bonchev–Trinajstić information content (AvgIpc) is 2.81. The van der Waals surface area contributed by atoms with E-state index in [1.807, 2.05) is 0 Å². The minimum Gasteiger partial charge on any atom is -0.319 e. The first-order valence-electron chi connectivity index (χ1n) is 5.34. The second-order valence-corrected chi connectivity index (χ2v) is 4.16.